The molecule has 84 valence electrons. The maximum Gasteiger partial charge on any atom is 0.316 e. The van der Waals surface area contributed by atoms with Crippen LogP contribution in [0.3, 0.4) is 0 Å². The Kier molecular flexibility index (Phi) is 3.73. The summed E-state index contributed by atoms with van der Waals surface area (Å²) in [7, 11) is 1.34. The van der Waals surface area contributed by atoms with Crippen LogP contribution in [0.5, 0.6) is 0 Å². The normalized spacial score (nSPS) is 11.5. The van der Waals surface area contributed by atoms with Crippen molar-refractivity contribution in [3.63, 3.8) is 0 Å². The highest BCUT2D eigenvalue weighted by atomic mass is 32.2. The fourth-order valence-corrected chi connectivity index (χ4v) is 1.35. The maximum atomic E-state index is 10.9. The molecule has 0 bridgehead atoms. The van der Waals surface area contributed by atoms with Crippen LogP contribution in [0.4, 0.5) is 0 Å². The van der Waals surface area contributed by atoms with Crippen molar-refractivity contribution in [3.05, 3.63) is 5.89 Å². The highest BCUT2D eigenvalue weighted by Crippen LogP contribution is 2.24. The van der Waals surface area contributed by atoms with Crippen molar-refractivity contribution >= 4 is 17.7 Å². The van der Waals surface area contributed by atoms with Gasteiger partial charge in [0, 0.05) is 5.41 Å². The molecule has 0 fully saturated rings. The van der Waals surface area contributed by atoms with Crippen molar-refractivity contribution in [2.45, 2.75) is 31.4 Å². The Bertz CT molecular complexity index is 343. The van der Waals surface area contributed by atoms with E-state index in [1.54, 1.807) is 0 Å². The van der Waals surface area contributed by atoms with E-state index in [1.807, 2.05) is 20.8 Å². The molecule has 1 aromatic rings. The fraction of sp³-hybridized carbons (Fsp3) is 0.667. The van der Waals surface area contributed by atoms with Gasteiger partial charge in [0.05, 0.1) is 7.11 Å². The van der Waals surface area contributed by atoms with Gasteiger partial charge in [-0.1, -0.05) is 32.5 Å². The first-order valence-corrected chi connectivity index (χ1v) is 5.45. The van der Waals surface area contributed by atoms with Gasteiger partial charge in [0.25, 0.3) is 5.22 Å². The van der Waals surface area contributed by atoms with Gasteiger partial charge in [-0.3, -0.25) is 4.79 Å². The first-order chi connectivity index (χ1) is 6.93. The first-order valence-electron chi connectivity index (χ1n) is 4.47. The van der Waals surface area contributed by atoms with E-state index in [0.717, 1.165) is 0 Å². The second-order valence-electron chi connectivity index (χ2n) is 3.99. The smallest absolute Gasteiger partial charge is 0.316 e. The van der Waals surface area contributed by atoms with Crippen molar-refractivity contribution < 1.29 is 13.9 Å². The molecule has 0 amide bonds. The molecule has 0 aliphatic rings. The van der Waals surface area contributed by atoms with Gasteiger partial charge in [0.1, 0.15) is 5.75 Å². The van der Waals surface area contributed by atoms with Gasteiger partial charge < -0.3 is 9.15 Å². The summed E-state index contributed by atoms with van der Waals surface area (Å²) in [5.74, 6) is 0.438. The number of esters is 1. The van der Waals surface area contributed by atoms with Gasteiger partial charge >= 0.3 is 5.97 Å². The summed E-state index contributed by atoms with van der Waals surface area (Å²) in [5, 5.41) is 8.12. The van der Waals surface area contributed by atoms with Crippen LogP contribution in [-0.2, 0) is 14.9 Å². The first kappa shape index (κ1) is 12.0. The number of methoxy groups -OCH3 is 1. The van der Waals surface area contributed by atoms with E-state index in [0.29, 0.717) is 11.1 Å². The lowest BCUT2D eigenvalue weighted by molar-refractivity contribution is -0.137. The van der Waals surface area contributed by atoms with Gasteiger partial charge in [0.2, 0.25) is 5.89 Å². The van der Waals surface area contributed by atoms with Crippen molar-refractivity contribution in [1.29, 1.82) is 0 Å². The Balaban J connectivity index is 2.58. The number of hydrogen-bond acceptors (Lipinski definition) is 6. The van der Waals surface area contributed by atoms with E-state index in [-0.39, 0.29) is 17.1 Å². The molecule has 0 spiro atoms. The Morgan fingerprint density at radius 2 is 2.13 bits per heavy atom. The monoisotopic (exact) mass is 230 g/mol. The molecule has 0 aromatic carbocycles. The van der Waals surface area contributed by atoms with Crippen LogP contribution in [0.1, 0.15) is 26.7 Å². The van der Waals surface area contributed by atoms with Gasteiger partial charge in [-0.2, -0.15) is 0 Å². The van der Waals surface area contributed by atoms with E-state index < -0.39 is 0 Å². The Labute approximate surface area is 92.6 Å². The molecular formula is C9H14N2O3S. The molecule has 0 saturated heterocycles. The molecule has 6 heteroatoms. The number of nitrogens with zero attached hydrogens (tertiary/aromatic N) is 2. The number of thioether (sulfide) groups is 1. The number of aromatic nitrogens is 2. The Morgan fingerprint density at radius 3 is 2.60 bits per heavy atom. The molecular weight excluding hydrogens is 216 g/mol. The van der Waals surface area contributed by atoms with Crippen LogP contribution < -0.4 is 0 Å². The van der Waals surface area contributed by atoms with Gasteiger partial charge in [-0.05, 0) is 0 Å². The molecule has 0 aliphatic carbocycles. The average molecular weight is 230 g/mol. The fourth-order valence-electron chi connectivity index (χ4n) is 0.751. The quantitative estimate of drug-likeness (QED) is 0.581. The highest BCUT2D eigenvalue weighted by molar-refractivity contribution is 7.99. The molecule has 0 radical (unpaired) electrons. The van der Waals surface area contributed by atoms with Gasteiger partial charge in [0.15, 0.2) is 0 Å². The van der Waals surface area contributed by atoms with Crippen LogP contribution in [-0.4, -0.2) is 29.0 Å². The highest BCUT2D eigenvalue weighted by Gasteiger charge is 2.21. The van der Waals surface area contributed by atoms with E-state index in [2.05, 4.69) is 14.9 Å². The summed E-state index contributed by atoms with van der Waals surface area (Å²) < 4.78 is 9.87. The van der Waals surface area contributed by atoms with E-state index in [1.165, 1.54) is 18.9 Å². The zero-order valence-electron chi connectivity index (χ0n) is 9.23. The molecule has 0 saturated carbocycles. The van der Waals surface area contributed by atoms with Crippen molar-refractivity contribution in [2.75, 3.05) is 12.9 Å². The van der Waals surface area contributed by atoms with E-state index in [9.17, 15) is 4.79 Å². The molecule has 1 aromatic heterocycles. The minimum atomic E-state index is -0.310. The Hall–Kier alpha value is -1.04. The minimum Gasteiger partial charge on any atom is -0.468 e. The standard InChI is InChI=1S/C9H14N2O3S/c1-9(2,3)7-10-11-8(14-7)15-5-6(12)13-4/h5H2,1-4H3. The third-order valence-corrected chi connectivity index (χ3v) is 2.38. The lowest BCUT2D eigenvalue weighted by Crippen LogP contribution is -2.11. The number of carbonyl (C=O) groups excluding carboxylic acids is 1. The maximum absolute atomic E-state index is 10.9. The molecule has 1 heterocycles. The minimum absolute atomic E-state index is 0.170. The molecule has 15 heavy (non-hydrogen) atoms. The summed E-state index contributed by atoms with van der Waals surface area (Å²) in [6.45, 7) is 5.94. The summed E-state index contributed by atoms with van der Waals surface area (Å²) >= 11 is 1.18. The van der Waals surface area contributed by atoms with Crippen molar-refractivity contribution in [3.8, 4) is 0 Å². The summed E-state index contributed by atoms with van der Waals surface area (Å²) in [6.07, 6.45) is 0. The number of hydrogen-bond donors (Lipinski definition) is 0. The van der Waals surface area contributed by atoms with Crippen LogP contribution in [0.2, 0.25) is 0 Å². The van der Waals surface area contributed by atoms with Crippen LogP contribution in [0, 0.1) is 0 Å². The third-order valence-electron chi connectivity index (χ3n) is 1.59. The second kappa shape index (κ2) is 4.65. The number of ether oxygens (including phenoxy) is 1. The van der Waals surface area contributed by atoms with Gasteiger partial charge in [-0.25, -0.2) is 0 Å². The average Bonchev–Trinajstić information content (AvgIpc) is 2.61. The Morgan fingerprint density at radius 1 is 1.47 bits per heavy atom. The molecule has 0 aliphatic heterocycles. The summed E-state index contributed by atoms with van der Waals surface area (Å²) in [6, 6.07) is 0. The van der Waals surface area contributed by atoms with Crippen LogP contribution in [0.25, 0.3) is 0 Å². The zero-order valence-corrected chi connectivity index (χ0v) is 10.1. The predicted octanol–water partition coefficient (Wildman–Crippen LogP) is 1.63. The molecule has 0 N–H and O–H groups in total. The third kappa shape index (κ3) is 3.54. The van der Waals surface area contributed by atoms with Crippen LogP contribution in [0.15, 0.2) is 9.64 Å². The zero-order chi connectivity index (χ0) is 11.5. The number of rotatable bonds is 3. The number of carbonyl (C=O) groups is 1. The van der Waals surface area contributed by atoms with Gasteiger partial charge in [-0.15, -0.1) is 10.2 Å². The predicted molar refractivity (Wildman–Crippen MR) is 55.7 cm³/mol. The lowest BCUT2D eigenvalue weighted by atomic mass is 9.97. The summed E-state index contributed by atoms with van der Waals surface area (Å²) in [4.78, 5) is 10.9. The molecule has 5 nitrogen and oxygen atoms in total. The van der Waals surface area contributed by atoms with E-state index >= 15 is 0 Å². The topological polar surface area (TPSA) is 65.2 Å². The molecule has 1 rings (SSSR count). The van der Waals surface area contributed by atoms with Crippen molar-refractivity contribution in [1.82, 2.24) is 10.2 Å². The largest absolute Gasteiger partial charge is 0.468 e. The van der Waals surface area contributed by atoms with E-state index in [4.69, 9.17) is 4.42 Å². The SMILES string of the molecule is COC(=O)CSc1nnc(C(C)(C)C)o1. The van der Waals surface area contributed by atoms with Crippen LogP contribution >= 0.6 is 11.8 Å². The molecule has 0 atom stereocenters. The van der Waals surface area contributed by atoms with Crippen molar-refractivity contribution in [2.24, 2.45) is 0 Å². The summed E-state index contributed by atoms with van der Waals surface area (Å²) in [5.41, 5.74) is -0.170. The molecule has 0 unspecified atom stereocenters. The second-order valence-corrected chi connectivity index (χ2v) is 4.91. The lowest BCUT2D eigenvalue weighted by Gasteiger charge is -2.10.